The highest BCUT2D eigenvalue weighted by atomic mass is 79.9. The molecule has 0 saturated carbocycles. The van der Waals surface area contributed by atoms with E-state index in [1.807, 2.05) is 0 Å². The Morgan fingerprint density at radius 3 is 2.29 bits per heavy atom. The van der Waals surface area contributed by atoms with Crippen molar-refractivity contribution in [1.82, 2.24) is 0 Å². The van der Waals surface area contributed by atoms with Crippen molar-refractivity contribution in [3.05, 3.63) is 35.3 Å². The van der Waals surface area contributed by atoms with Crippen LogP contribution in [0.5, 0.6) is 0 Å². The van der Waals surface area contributed by atoms with Crippen molar-refractivity contribution in [2.45, 2.75) is 4.90 Å². The lowest BCUT2D eigenvalue weighted by Crippen LogP contribution is -2.06. The maximum atomic E-state index is 11.6. The molecule has 3 nitrogen and oxygen atoms in total. The SMILES string of the molecule is C=C(Br)CS(=O)(=O)c1ccc(N)cc1. The summed E-state index contributed by atoms with van der Waals surface area (Å²) in [5.41, 5.74) is 5.99. The molecule has 0 heterocycles. The summed E-state index contributed by atoms with van der Waals surface area (Å²) < 4.78 is 23.7. The van der Waals surface area contributed by atoms with Crippen molar-refractivity contribution in [3.63, 3.8) is 0 Å². The molecule has 0 spiro atoms. The molecule has 0 fully saturated rings. The molecule has 0 saturated heterocycles. The van der Waals surface area contributed by atoms with Crippen LogP contribution < -0.4 is 5.73 Å². The third-order valence-corrected chi connectivity index (χ3v) is 3.96. The molecule has 0 amide bonds. The monoisotopic (exact) mass is 275 g/mol. The number of rotatable bonds is 3. The molecule has 0 aliphatic heterocycles. The average Bonchev–Trinajstić information content (AvgIpc) is 2.02. The maximum absolute atomic E-state index is 11.6. The molecule has 1 aromatic rings. The number of nitrogen functional groups attached to an aromatic ring is 1. The van der Waals surface area contributed by atoms with Crippen molar-refractivity contribution in [2.75, 3.05) is 11.5 Å². The maximum Gasteiger partial charge on any atom is 0.183 e. The topological polar surface area (TPSA) is 60.2 Å². The summed E-state index contributed by atoms with van der Waals surface area (Å²) in [5.74, 6) is -0.100. The molecule has 14 heavy (non-hydrogen) atoms. The van der Waals surface area contributed by atoms with E-state index in [2.05, 4.69) is 22.5 Å². The summed E-state index contributed by atoms with van der Waals surface area (Å²) in [6, 6.07) is 6.09. The molecule has 1 rings (SSSR count). The lowest BCUT2D eigenvalue weighted by molar-refractivity contribution is 0.599. The van der Waals surface area contributed by atoms with Crippen LogP contribution in [-0.2, 0) is 9.84 Å². The summed E-state index contributed by atoms with van der Waals surface area (Å²) in [6.07, 6.45) is 0. The Hall–Kier alpha value is -0.810. The van der Waals surface area contributed by atoms with Crippen molar-refractivity contribution >= 4 is 31.5 Å². The molecule has 0 aliphatic carbocycles. The standard InChI is InChI=1S/C9H10BrNO2S/c1-7(10)6-14(12,13)9-4-2-8(11)3-5-9/h2-5H,1,6,11H2. The highest BCUT2D eigenvalue weighted by molar-refractivity contribution is 9.11. The van der Waals surface area contributed by atoms with Gasteiger partial charge in [0.1, 0.15) is 0 Å². The zero-order chi connectivity index (χ0) is 10.8. The molecule has 0 aromatic heterocycles. The number of halogens is 1. The van der Waals surface area contributed by atoms with Crippen LogP contribution in [0.15, 0.2) is 40.2 Å². The molecule has 0 unspecified atom stereocenters. The van der Waals surface area contributed by atoms with Gasteiger partial charge in [-0.05, 0) is 24.3 Å². The molecule has 0 atom stereocenters. The smallest absolute Gasteiger partial charge is 0.183 e. The van der Waals surface area contributed by atoms with Gasteiger partial charge in [-0.2, -0.15) is 0 Å². The fraction of sp³-hybridized carbons (Fsp3) is 0.111. The predicted molar refractivity (Wildman–Crippen MR) is 61.0 cm³/mol. The summed E-state index contributed by atoms with van der Waals surface area (Å²) in [6.45, 7) is 3.50. The van der Waals surface area contributed by atoms with Gasteiger partial charge in [0.15, 0.2) is 9.84 Å². The van der Waals surface area contributed by atoms with Gasteiger partial charge in [0.2, 0.25) is 0 Å². The van der Waals surface area contributed by atoms with E-state index in [0.29, 0.717) is 10.2 Å². The summed E-state index contributed by atoms with van der Waals surface area (Å²) in [5, 5.41) is 0. The Labute approximate surface area is 91.7 Å². The van der Waals surface area contributed by atoms with Gasteiger partial charge in [-0.25, -0.2) is 8.42 Å². The molecule has 76 valence electrons. The number of hydrogen-bond acceptors (Lipinski definition) is 3. The average molecular weight is 276 g/mol. The van der Waals surface area contributed by atoms with Crippen LogP contribution in [0, 0.1) is 0 Å². The van der Waals surface area contributed by atoms with Gasteiger partial charge in [-0.1, -0.05) is 22.5 Å². The zero-order valence-corrected chi connectivity index (χ0v) is 9.81. The van der Waals surface area contributed by atoms with Gasteiger partial charge < -0.3 is 5.73 Å². The first-order chi connectivity index (χ1) is 6.42. The van der Waals surface area contributed by atoms with Crippen LogP contribution in [0.3, 0.4) is 0 Å². The number of anilines is 1. The van der Waals surface area contributed by atoms with Crippen LogP contribution in [0.4, 0.5) is 5.69 Å². The van der Waals surface area contributed by atoms with E-state index in [9.17, 15) is 8.42 Å². The first-order valence-corrected chi connectivity index (χ1v) is 6.28. The van der Waals surface area contributed by atoms with E-state index in [-0.39, 0.29) is 10.6 Å². The Bertz CT molecular complexity index is 436. The molecular weight excluding hydrogens is 266 g/mol. The third-order valence-electron chi connectivity index (χ3n) is 1.59. The normalized spacial score (nSPS) is 11.2. The number of nitrogens with two attached hydrogens (primary N) is 1. The minimum Gasteiger partial charge on any atom is -0.399 e. The largest absolute Gasteiger partial charge is 0.399 e. The second-order valence-electron chi connectivity index (χ2n) is 2.85. The van der Waals surface area contributed by atoms with Crippen LogP contribution in [-0.4, -0.2) is 14.2 Å². The van der Waals surface area contributed by atoms with Gasteiger partial charge in [0.25, 0.3) is 0 Å². The molecule has 2 N–H and O–H groups in total. The van der Waals surface area contributed by atoms with Crippen molar-refractivity contribution in [2.24, 2.45) is 0 Å². The van der Waals surface area contributed by atoms with E-state index in [1.165, 1.54) is 12.1 Å². The van der Waals surface area contributed by atoms with Gasteiger partial charge in [-0.15, -0.1) is 0 Å². The van der Waals surface area contributed by atoms with Crippen LogP contribution in [0.2, 0.25) is 0 Å². The Morgan fingerprint density at radius 1 is 1.36 bits per heavy atom. The van der Waals surface area contributed by atoms with Crippen molar-refractivity contribution in [1.29, 1.82) is 0 Å². The summed E-state index contributed by atoms with van der Waals surface area (Å²) in [7, 11) is -3.28. The molecule has 5 heteroatoms. The Kier molecular flexibility index (Phi) is 3.34. The van der Waals surface area contributed by atoms with Crippen LogP contribution in [0.25, 0.3) is 0 Å². The quantitative estimate of drug-likeness (QED) is 0.858. The van der Waals surface area contributed by atoms with E-state index >= 15 is 0 Å². The minimum absolute atomic E-state index is 0.100. The lowest BCUT2D eigenvalue weighted by atomic mass is 10.3. The van der Waals surface area contributed by atoms with Crippen molar-refractivity contribution < 1.29 is 8.42 Å². The van der Waals surface area contributed by atoms with E-state index < -0.39 is 9.84 Å². The van der Waals surface area contributed by atoms with Gasteiger partial charge in [0.05, 0.1) is 10.6 Å². The lowest BCUT2D eigenvalue weighted by Gasteiger charge is -2.03. The van der Waals surface area contributed by atoms with Crippen molar-refractivity contribution in [3.8, 4) is 0 Å². The highest BCUT2D eigenvalue weighted by Crippen LogP contribution is 2.17. The number of sulfone groups is 1. The fourth-order valence-electron chi connectivity index (χ4n) is 0.965. The second-order valence-corrected chi connectivity index (χ2v) is 5.96. The molecule has 1 aromatic carbocycles. The number of hydrogen-bond donors (Lipinski definition) is 1. The Morgan fingerprint density at radius 2 is 1.86 bits per heavy atom. The summed E-state index contributed by atoms with van der Waals surface area (Å²) >= 11 is 3.02. The fourth-order valence-corrected chi connectivity index (χ4v) is 3.00. The second kappa shape index (κ2) is 4.14. The molecule has 0 aliphatic rings. The van der Waals surface area contributed by atoms with Gasteiger partial charge >= 0.3 is 0 Å². The first kappa shape index (κ1) is 11.3. The van der Waals surface area contributed by atoms with E-state index in [1.54, 1.807) is 12.1 Å². The molecular formula is C9H10BrNO2S. The van der Waals surface area contributed by atoms with Crippen LogP contribution >= 0.6 is 15.9 Å². The molecule has 0 radical (unpaired) electrons. The van der Waals surface area contributed by atoms with Gasteiger partial charge in [-0.3, -0.25) is 0 Å². The number of benzene rings is 1. The van der Waals surface area contributed by atoms with Gasteiger partial charge in [0, 0.05) is 10.2 Å². The van der Waals surface area contributed by atoms with Crippen LogP contribution in [0.1, 0.15) is 0 Å². The van der Waals surface area contributed by atoms with E-state index in [0.717, 1.165) is 0 Å². The minimum atomic E-state index is -3.28. The Balaban J connectivity index is 3.05. The third kappa shape index (κ3) is 2.85. The molecule has 0 bridgehead atoms. The summed E-state index contributed by atoms with van der Waals surface area (Å²) in [4.78, 5) is 0.257. The predicted octanol–water partition coefficient (Wildman–Crippen LogP) is 1.95. The highest BCUT2D eigenvalue weighted by Gasteiger charge is 2.14. The zero-order valence-electron chi connectivity index (χ0n) is 7.40. The first-order valence-electron chi connectivity index (χ1n) is 3.83. The van der Waals surface area contributed by atoms with E-state index in [4.69, 9.17) is 5.73 Å².